The van der Waals surface area contributed by atoms with Crippen LogP contribution in [0.2, 0.25) is 10.0 Å². The Labute approximate surface area is 174 Å². The zero-order valence-electron chi connectivity index (χ0n) is 14.4. The number of carbonyl (C=O) groups excluding carboxylic acids is 4. The lowest BCUT2D eigenvalue weighted by atomic mass is 10.1. The quantitative estimate of drug-likeness (QED) is 0.527. The van der Waals surface area contributed by atoms with Crippen molar-refractivity contribution >= 4 is 58.2 Å². The minimum Gasteiger partial charge on any atom is -0.454 e. The molecule has 0 fully saturated rings. The minimum atomic E-state index is -0.875. The van der Waals surface area contributed by atoms with E-state index in [2.05, 4.69) is 5.32 Å². The zero-order chi connectivity index (χ0) is 20.3. The fourth-order valence-corrected chi connectivity index (χ4v) is 3.62. The summed E-state index contributed by atoms with van der Waals surface area (Å²) < 4.78 is 4.85. The summed E-state index contributed by atoms with van der Waals surface area (Å²) in [7, 11) is 0. The standard InChI is InChI=1S/C18H14Cl2N2O5S/c19-13-6-11-12(7-14(13)20)18(26)22(17(11)25)8-16(24)27-9-15(23)21-4-3-10-2-1-5-28-10/h1-2,5-7H,3-4,8-9H2,(H,21,23). The first-order valence-corrected chi connectivity index (χ1v) is 9.80. The van der Waals surface area contributed by atoms with E-state index in [1.165, 1.54) is 12.1 Å². The van der Waals surface area contributed by atoms with E-state index < -0.39 is 36.8 Å². The molecule has 1 aromatic heterocycles. The van der Waals surface area contributed by atoms with E-state index in [0.29, 0.717) is 13.0 Å². The highest BCUT2D eigenvalue weighted by molar-refractivity contribution is 7.09. The number of fused-ring (bicyclic) bond motifs is 1. The highest BCUT2D eigenvalue weighted by Gasteiger charge is 2.37. The fraction of sp³-hybridized carbons (Fsp3) is 0.222. The summed E-state index contributed by atoms with van der Waals surface area (Å²) in [4.78, 5) is 50.2. The van der Waals surface area contributed by atoms with Crippen LogP contribution >= 0.6 is 34.5 Å². The van der Waals surface area contributed by atoms with Crippen LogP contribution in [0.5, 0.6) is 0 Å². The number of nitrogens with zero attached hydrogens (tertiary/aromatic N) is 1. The van der Waals surface area contributed by atoms with Gasteiger partial charge in [0, 0.05) is 11.4 Å². The molecule has 1 aliphatic heterocycles. The van der Waals surface area contributed by atoms with Gasteiger partial charge in [-0.25, -0.2) is 0 Å². The Morgan fingerprint density at radius 1 is 1.11 bits per heavy atom. The molecule has 1 aliphatic rings. The van der Waals surface area contributed by atoms with Crippen LogP contribution in [-0.4, -0.2) is 48.3 Å². The van der Waals surface area contributed by atoms with Crippen LogP contribution in [0.15, 0.2) is 29.6 Å². The first-order valence-electron chi connectivity index (χ1n) is 8.16. The molecular weight excluding hydrogens is 427 g/mol. The number of halogens is 2. The van der Waals surface area contributed by atoms with E-state index in [4.69, 9.17) is 27.9 Å². The number of hydrogen-bond acceptors (Lipinski definition) is 6. The Hall–Kier alpha value is -2.42. The number of benzene rings is 1. The molecule has 3 amide bonds. The lowest BCUT2D eigenvalue weighted by Gasteiger charge is -2.13. The molecule has 0 unspecified atom stereocenters. The SMILES string of the molecule is O=C(COC(=O)CN1C(=O)c2cc(Cl)c(Cl)cc2C1=O)NCCc1cccs1. The maximum atomic E-state index is 12.3. The second-order valence-corrected chi connectivity index (χ2v) is 7.69. The molecule has 0 atom stereocenters. The van der Waals surface area contributed by atoms with Gasteiger partial charge < -0.3 is 10.1 Å². The summed E-state index contributed by atoms with van der Waals surface area (Å²) in [5.74, 6) is -2.68. The third-order valence-electron chi connectivity index (χ3n) is 3.94. The normalized spacial score (nSPS) is 12.9. The molecule has 0 radical (unpaired) electrons. The molecule has 1 aromatic carbocycles. The van der Waals surface area contributed by atoms with Crippen molar-refractivity contribution in [3.05, 3.63) is 55.7 Å². The molecule has 2 aromatic rings. The lowest BCUT2D eigenvalue weighted by Crippen LogP contribution is -2.37. The topological polar surface area (TPSA) is 92.8 Å². The molecule has 0 aliphatic carbocycles. The first-order chi connectivity index (χ1) is 13.4. The van der Waals surface area contributed by atoms with E-state index in [0.717, 1.165) is 9.78 Å². The van der Waals surface area contributed by atoms with E-state index in [9.17, 15) is 19.2 Å². The molecule has 0 saturated heterocycles. The predicted molar refractivity (Wildman–Crippen MR) is 104 cm³/mol. The summed E-state index contributed by atoms with van der Waals surface area (Å²) in [5, 5.41) is 4.83. The van der Waals surface area contributed by atoms with Crippen molar-refractivity contribution in [1.29, 1.82) is 0 Å². The summed E-state index contributed by atoms with van der Waals surface area (Å²) in [6.45, 7) is -0.690. The van der Waals surface area contributed by atoms with Crippen LogP contribution < -0.4 is 5.32 Å². The van der Waals surface area contributed by atoms with E-state index in [1.54, 1.807) is 11.3 Å². The van der Waals surface area contributed by atoms with E-state index >= 15 is 0 Å². The van der Waals surface area contributed by atoms with Crippen molar-refractivity contribution in [3.63, 3.8) is 0 Å². The number of carbonyl (C=O) groups is 4. The van der Waals surface area contributed by atoms with Gasteiger partial charge in [-0.05, 0) is 30.0 Å². The highest BCUT2D eigenvalue weighted by Crippen LogP contribution is 2.31. The van der Waals surface area contributed by atoms with Crippen molar-refractivity contribution in [3.8, 4) is 0 Å². The first kappa shape index (κ1) is 20.3. The number of rotatable bonds is 7. The summed E-state index contributed by atoms with van der Waals surface area (Å²) in [5.41, 5.74) is 0.136. The highest BCUT2D eigenvalue weighted by atomic mass is 35.5. The van der Waals surface area contributed by atoms with Crippen molar-refractivity contribution in [2.24, 2.45) is 0 Å². The maximum absolute atomic E-state index is 12.3. The molecule has 7 nitrogen and oxygen atoms in total. The van der Waals surface area contributed by atoms with Gasteiger partial charge in [0.05, 0.1) is 21.2 Å². The molecule has 0 spiro atoms. The van der Waals surface area contributed by atoms with E-state index in [1.807, 2.05) is 17.5 Å². The minimum absolute atomic E-state index is 0.0681. The van der Waals surface area contributed by atoms with Crippen molar-refractivity contribution < 1.29 is 23.9 Å². The Morgan fingerprint density at radius 2 is 1.75 bits per heavy atom. The second-order valence-electron chi connectivity index (χ2n) is 5.85. The van der Waals surface area contributed by atoms with Crippen LogP contribution in [0.1, 0.15) is 25.6 Å². The maximum Gasteiger partial charge on any atom is 0.326 e. The lowest BCUT2D eigenvalue weighted by molar-refractivity contribution is -0.148. The average molecular weight is 441 g/mol. The van der Waals surface area contributed by atoms with Crippen LogP contribution in [0.3, 0.4) is 0 Å². The number of amides is 3. The van der Waals surface area contributed by atoms with Gasteiger partial charge in [0.2, 0.25) is 0 Å². The van der Waals surface area contributed by atoms with Gasteiger partial charge in [-0.15, -0.1) is 11.3 Å². The molecule has 28 heavy (non-hydrogen) atoms. The third kappa shape index (κ3) is 4.52. The zero-order valence-corrected chi connectivity index (χ0v) is 16.7. The van der Waals surface area contributed by atoms with Gasteiger partial charge in [0.15, 0.2) is 6.61 Å². The molecule has 1 N–H and O–H groups in total. The molecular formula is C18H14Cl2N2O5S. The van der Waals surface area contributed by atoms with Crippen molar-refractivity contribution in [2.45, 2.75) is 6.42 Å². The largest absolute Gasteiger partial charge is 0.454 e. The number of thiophene rings is 1. The van der Waals surface area contributed by atoms with Gasteiger partial charge in [0.1, 0.15) is 6.54 Å². The number of imide groups is 1. The van der Waals surface area contributed by atoms with E-state index in [-0.39, 0.29) is 21.2 Å². The van der Waals surface area contributed by atoms with Gasteiger partial charge in [-0.3, -0.25) is 24.1 Å². The van der Waals surface area contributed by atoms with Gasteiger partial charge in [-0.1, -0.05) is 29.3 Å². The van der Waals surface area contributed by atoms with Crippen LogP contribution in [-0.2, 0) is 20.7 Å². The number of esters is 1. The molecule has 2 heterocycles. The Balaban J connectivity index is 1.48. The van der Waals surface area contributed by atoms with Gasteiger partial charge in [0.25, 0.3) is 17.7 Å². The smallest absolute Gasteiger partial charge is 0.326 e. The second kappa shape index (κ2) is 8.72. The summed E-state index contributed by atoms with van der Waals surface area (Å²) in [6.07, 6.45) is 0.678. The third-order valence-corrected chi connectivity index (χ3v) is 5.60. The van der Waals surface area contributed by atoms with Crippen LogP contribution in [0.4, 0.5) is 0 Å². The number of hydrogen-bond donors (Lipinski definition) is 1. The van der Waals surface area contributed by atoms with Gasteiger partial charge in [-0.2, -0.15) is 0 Å². The van der Waals surface area contributed by atoms with Gasteiger partial charge >= 0.3 is 5.97 Å². The fourth-order valence-electron chi connectivity index (χ4n) is 2.58. The average Bonchev–Trinajstić information content (AvgIpc) is 3.25. The van der Waals surface area contributed by atoms with Crippen LogP contribution in [0, 0.1) is 0 Å². The molecule has 0 bridgehead atoms. The molecule has 10 heteroatoms. The van der Waals surface area contributed by atoms with Crippen LogP contribution in [0.25, 0.3) is 0 Å². The Kier molecular flexibility index (Phi) is 6.33. The van der Waals surface area contributed by atoms with Crippen molar-refractivity contribution in [2.75, 3.05) is 19.7 Å². The number of ether oxygens (including phenoxy) is 1. The predicted octanol–water partition coefficient (Wildman–Crippen LogP) is 2.55. The monoisotopic (exact) mass is 440 g/mol. The Morgan fingerprint density at radius 3 is 2.32 bits per heavy atom. The summed E-state index contributed by atoms with van der Waals surface area (Å²) >= 11 is 13.3. The Bertz CT molecular complexity index is 905. The summed E-state index contributed by atoms with van der Waals surface area (Å²) in [6, 6.07) is 6.45. The molecule has 0 saturated carbocycles. The molecule has 146 valence electrons. The number of nitrogens with one attached hydrogen (secondary N) is 1. The van der Waals surface area contributed by atoms with Crippen molar-refractivity contribution in [1.82, 2.24) is 10.2 Å². The molecule has 3 rings (SSSR count).